The van der Waals surface area contributed by atoms with Gasteiger partial charge in [0.15, 0.2) is 0 Å². The summed E-state index contributed by atoms with van der Waals surface area (Å²) in [5, 5.41) is 18.5. The molecular formula is C14H14N4O3. The molecule has 0 fully saturated rings. The van der Waals surface area contributed by atoms with Crippen LogP contribution in [-0.4, -0.2) is 29.0 Å². The van der Waals surface area contributed by atoms with Crippen molar-refractivity contribution in [1.29, 1.82) is 5.41 Å². The lowest BCUT2D eigenvalue weighted by Crippen LogP contribution is -2.19. The summed E-state index contributed by atoms with van der Waals surface area (Å²) in [6.45, 7) is 0. The Hall–Kier alpha value is -2.93. The smallest absolute Gasteiger partial charge is 0.269 e. The van der Waals surface area contributed by atoms with Crippen LogP contribution in [0.1, 0.15) is 16.1 Å². The van der Waals surface area contributed by atoms with Crippen LogP contribution in [0.15, 0.2) is 42.5 Å². The number of hydrogen-bond donors (Lipinski definition) is 4. The highest BCUT2D eigenvalue weighted by atomic mass is 16.5. The standard InChI is InChI=1S/C14H14N4O3/c1-16-14(19)11-3-2-4-12(17-11)21-10-7-5-9(6-8-10)13(15)18-20/h2-8,20H,1H3,(H2,15,18)(H,16,19). The number of carbonyl (C=O) groups excluding carboxylic acids is 1. The van der Waals surface area contributed by atoms with Crippen LogP contribution in [0.4, 0.5) is 0 Å². The van der Waals surface area contributed by atoms with Gasteiger partial charge in [-0.25, -0.2) is 4.98 Å². The van der Waals surface area contributed by atoms with Gasteiger partial charge in [-0.15, -0.1) is 0 Å². The number of amidine groups is 1. The van der Waals surface area contributed by atoms with E-state index < -0.39 is 0 Å². The first-order chi connectivity index (χ1) is 10.1. The number of hydroxylamine groups is 1. The topological polar surface area (TPSA) is 107 Å². The van der Waals surface area contributed by atoms with Crippen LogP contribution < -0.4 is 15.5 Å². The number of pyridine rings is 1. The third kappa shape index (κ3) is 3.54. The second-order valence-corrected chi connectivity index (χ2v) is 4.05. The predicted molar refractivity (Wildman–Crippen MR) is 75.9 cm³/mol. The molecule has 0 aliphatic heterocycles. The van der Waals surface area contributed by atoms with Gasteiger partial charge in [0.05, 0.1) is 0 Å². The third-order valence-corrected chi connectivity index (χ3v) is 2.66. The highest BCUT2D eigenvalue weighted by Gasteiger charge is 2.07. The number of aromatic nitrogens is 1. The van der Waals surface area contributed by atoms with Crippen molar-refractivity contribution in [3.63, 3.8) is 0 Å². The number of hydrogen-bond acceptors (Lipinski definition) is 5. The normalized spacial score (nSPS) is 9.81. The molecule has 108 valence electrons. The van der Waals surface area contributed by atoms with E-state index in [0.29, 0.717) is 17.2 Å². The molecule has 0 aliphatic carbocycles. The molecule has 2 rings (SSSR count). The quantitative estimate of drug-likeness (QED) is 0.387. The first-order valence-corrected chi connectivity index (χ1v) is 6.10. The van der Waals surface area contributed by atoms with Gasteiger partial charge in [0.1, 0.15) is 17.3 Å². The summed E-state index contributed by atoms with van der Waals surface area (Å²) in [4.78, 5) is 15.6. The second kappa shape index (κ2) is 6.49. The van der Waals surface area contributed by atoms with Crippen LogP contribution in [0.25, 0.3) is 0 Å². The van der Waals surface area contributed by atoms with E-state index in [2.05, 4.69) is 10.3 Å². The number of carbonyl (C=O) groups is 1. The SMILES string of the molecule is CNC(=O)c1cccc(Oc2ccc(C(=N)NO)cc2)n1. The minimum atomic E-state index is -0.293. The fourth-order valence-electron chi connectivity index (χ4n) is 1.60. The molecule has 4 N–H and O–H groups in total. The minimum absolute atomic E-state index is 0.110. The van der Waals surface area contributed by atoms with Gasteiger partial charge in [-0.05, 0) is 30.3 Å². The van der Waals surface area contributed by atoms with Gasteiger partial charge in [-0.3, -0.25) is 20.9 Å². The van der Waals surface area contributed by atoms with Gasteiger partial charge in [0, 0.05) is 18.7 Å². The maximum Gasteiger partial charge on any atom is 0.269 e. The number of nitrogens with zero attached hydrogens (tertiary/aromatic N) is 1. The Balaban J connectivity index is 2.15. The van der Waals surface area contributed by atoms with Crippen LogP contribution in [0.3, 0.4) is 0 Å². The van der Waals surface area contributed by atoms with E-state index in [-0.39, 0.29) is 17.4 Å². The highest BCUT2D eigenvalue weighted by molar-refractivity contribution is 5.95. The van der Waals surface area contributed by atoms with E-state index >= 15 is 0 Å². The number of nitrogens with one attached hydrogen (secondary N) is 3. The van der Waals surface area contributed by atoms with Crippen molar-refractivity contribution in [1.82, 2.24) is 15.8 Å². The summed E-state index contributed by atoms with van der Waals surface area (Å²) in [5.74, 6) is 0.393. The lowest BCUT2D eigenvalue weighted by atomic mass is 10.2. The van der Waals surface area contributed by atoms with E-state index in [9.17, 15) is 4.79 Å². The summed E-state index contributed by atoms with van der Waals surface area (Å²) >= 11 is 0. The Morgan fingerprint density at radius 2 is 1.95 bits per heavy atom. The van der Waals surface area contributed by atoms with Crippen molar-refractivity contribution in [3.05, 3.63) is 53.7 Å². The average Bonchev–Trinajstić information content (AvgIpc) is 2.54. The molecule has 2 aromatic rings. The van der Waals surface area contributed by atoms with Crippen molar-refractivity contribution in [2.75, 3.05) is 7.05 Å². The van der Waals surface area contributed by atoms with Crippen molar-refractivity contribution in [2.45, 2.75) is 0 Å². The van der Waals surface area contributed by atoms with Crippen LogP contribution in [0, 0.1) is 5.41 Å². The van der Waals surface area contributed by atoms with Crippen LogP contribution in [0.2, 0.25) is 0 Å². The van der Waals surface area contributed by atoms with Gasteiger partial charge in [-0.2, -0.15) is 0 Å². The molecule has 0 radical (unpaired) electrons. The molecule has 1 aromatic carbocycles. The van der Waals surface area contributed by atoms with E-state index in [4.69, 9.17) is 15.4 Å². The van der Waals surface area contributed by atoms with Gasteiger partial charge in [0.25, 0.3) is 5.91 Å². The summed E-state index contributed by atoms with van der Waals surface area (Å²) < 4.78 is 5.54. The zero-order chi connectivity index (χ0) is 15.2. The molecule has 0 atom stereocenters. The van der Waals surface area contributed by atoms with Gasteiger partial charge >= 0.3 is 0 Å². The highest BCUT2D eigenvalue weighted by Crippen LogP contribution is 2.20. The molecule has 0 aliphatic rings. The molecule has 1 amide bonds. The van der Waals surface area contributed by atoms with E-state index in [1.807, 2.05) is 0 Å². The van der Waals surface area contributed by atoms with Crippen molar-refractivity contribution in [2.24, 2.45) is 0 Å². The maximum absolute atomic E-state index is 11.5. The summed E-state index contributed by atoms with van der Waals surface area (Å²) in [6, 6.07) is 11.4. The Morgan fingerprint density at radius 1 is 1.24 bits per heavy atom. The van der Waals surface area contributed by atoms with E-state index in [1.54, 1.807) is 47.9 Å². The lowest BCUT2D eigenvalue weighted by molar-refractivity contribution is 0.0957. The molecular weight excluding hydrogens is 272 g/mol. The Morgan fingerprint density at radius 3 is 2.57 bits per heavy atom. The van der Waals surface area contributed by atoms with Crippen molar-refractivity contribution >= 4 is 11.7 Å². The Kier molecular flexibility index (Phi) is 4.47. The molecule has 7 heteroatoms. The van der Waals surface area contributed by atoms with Crippen molar-refractivity contribution < 1.29 is 14.7 Å². The molecule has 0 bridgehead atoms. The molecule has 7 nitrogen and oxygen atoms in total. The van der Waals surface area contributed by atoms with Gasteiger partial charge < -0.3 is 10.1 Å². The molecule has 1 aromatic heterocycles. The van der Waals surface area contributed by atoms with E-state index in [0.717, 1.165) is 0 Å². The number of rotatable bonds is 4. The molecule has 0 saturated heterocycles. The molecule has 0 saturated carbocycles. The molecule has 0 unspecified atom stereocenters. The Bertz CT molecular complexity index is 656. The summed E-state index contributed by atoms with van der Waals surface area (Å²) in [5.41, 5.74) is 2.54. The predicted octanol–water partition coefficient (Wildman–Crippen LogP) is 1.54. The first kappa shape index (κ1) is 14.5. The Labute approximate surface area is 121 Å². The zero-order valence-electron chi connectivity index (χ0n) is 11.3. The third-order valence-electron chi connectivity index (χ3n) is 2.66. The van der Waals surface area contributed by atoms with Gasteiger partial charge in [0.2, 0.25) is 5.88 Å². The monoisotopic (exact) mass is 286 g/mol. The second-order valence-electron chi connectivity index (χ2n) is 4.05. The van der Waals surface area contributed by atoms with Crippen molar-refractivity contribution in [3.8, 4) is 11.6 Å². The molecule has 0 spiro atoms. The summed E-state index contributed by atoms with van der Waals surface area (Å²) in [7, 11) is 1.53. The number of ether oxygens (including phenoxy) is 1. The average molecular weight is 286 g/mol. The fraction of sp³-hybridized carbons (Fsp3) is 0.0714. The summed E-state index contributed by atoms with van der Waals surface area (Å²) in [6.07, 6.45) is 0. The minimum Gasteiger partial charge on any atom is -0.439 e. The van der Waals surface area contributed by atoms with E-state index in [1.165, 1.54) is 7.05 Å². The van der Waals surface area contributed by atoms with Crippen LogP contribution >= 0.6 is 0 Å². The zero-order valence-corrected chi connectivity index (χ0v) is 11.3. The number of benzene rings is 1. The largest absolute Gasteiger partial charge is 0.439 e. The molecule has 1 heterocycles. The first-order valence-electron chi connectivity index (χ1n) is 6.10. The maximum atomic E-state index is 11.5. The van der Waals surface area contributed by atoms with Crippen LogP contribution in [-0.2, 0) is 0 Å². The number of amides is 1. The molecule has 21 heavy (non-hydrogen) atoms. The lowest BCUT2D eigenvalue weighted by Gasteiger charge is -2.07. The fourth-order valence-corrected chi connectivity index (χ4v) is 1.60. The van der Waals surface area contributed by atoms with Crippen LogP contribution in [0.5, 0.6) is 11.6 Å². The van der Waals surface area contributed by atoms with Gasteiger partial charge in [-0.1, -0.05) is 6.07 Å².